The van der Waals surface area contributed by atoms with E-state index in [4.69, 9.17) is 4.98 Å². The Balaban J connectivity index is 2.40. The summed E-state index contributed by atoms with van der Waals surface area (Å²) >= 11 is 0. The van der Waals surface area contributed by atoms with Gasteiger partial charge in [-0.15, -0.1) is 0 Å². The van der Waals surface area contributed by atoms with E-state index in [2.05, 4.69) is 69.3 Å². The van der Waals surface area contributed by atoms with Crippen molar-refractivity contribution in [3.63, 3.8) is 0 Å². The van der Waals surface area contributed by atoms with E-state index >= 15 is 0 Å². The van der Waals surface area contributed by atoms with Crippen LogP contribution in [0, 0.1) is 6.92 Å². The Morgan fingerprint density at radius 1 is 0.810 bits per heavy atom. The maximum Gasteiger partial charge on any atom is 0.0746 e. The third-order valence-corrected chi connectivity index (χ3v) is 4.13. The van der Waals surface area contributed by atoms with E-state index in [9.17, 15) is 0 Å². The van der Waals surface area contributed by atoms with Gasteiger partial charge in [-0.2, -0.15) is 0 Å². The second-order valence-corrected chi connectivity index (χ2v) is 5.49. The molecule has 0 radical (unpaired) electrons. The van der Waals surface area contributed by atoms with E-state index in [1.807, 2.05) is 0 Å². The second-order valence-electron chi connectivity index (χ2n) is 5.49. The lowest BCUT2D eigenvalue weighted by molar-refractivity contribution is 1.07. The minimum absolute atomic E-state index is 1.01. The molecule has 0 unspecified atom stereocenters. The summed E-state index contributed by atoms with van der Waals surface area (Å²) < 4.78 is 0. The molecule has 1 heterocycles. The van der Waals surface area contributed by atoms with E-state index in [-0.39, 0.29) is 0 Å². The molecule has 0 fully saturated rings. The van der Waals surface area contributed by atoms with Crippen LogP contribution in [0.1, 0.15) is 30.7 Å². The minimum Gasteiger partial charge on any atom is -0.253 e. The first-order valence-corrected chi connectivity index (χ1v) is 7.72. The molecule has 0 saturated heterocycles. The molecule has 0 spiro atoms. The molecule has 106 valence electrons. The summed E-state index contributed by atoms with van der Waals surface area (Å²) in [6.45, 7) is 6.49. The van der Waals surface area contributed by atoms with Crippen LogP contribution in [0.5, 0.6) is 0 Å². The first-order chi connectivity index (χ1) is 10.2. The summed E-state index contributed by atoms with van der Waals surface area (Å²) in [6, 6.07) is 17.4. The number of hydrogen-bond acceptors (Lipinski definition) is 1. The normalized spacial score (nSPS) is 11.0. The lowest BCUT2D eigenvalue weighted by Crippen LogP contribution is -1.98. The van der Waals surface area contributed by atoms with Crippen molar-refractivity contribution in [2.24, 2.45) is 0 Å². The molecule has 0 aliphatic heterocycles. The molecular formula is C20H21N. The minimum atomic E-state index is 1.01. The SMILES string of the molecule is CCc1ccc(C)nc1-c1c(CC)ccc2ccccc12. The third-order valence-electron chi connectivity index (χ3n) is 4.13. The zero-order valence-corrected chi connectivity index (χ0v) is 13.0. The summed E-state index contributed by atoms with van der Waals surface area (Å²) in [5.41, 5.74) is 6.26. The maximum absolute atomic E-state index is 4.87. The summed E-state index contributed by atoms with van der Waals surface area (Å²) in [4.78, 5) is 4.87. The fourth-order valence-electron chi connectivity index (χ4n) is 2.98. The number of nitrogens with zero attached hydrogens (tertiary/aromatic N) is 1. The number of pyridine rings is 1. The third kappa shape index (κ3) is 2.44. The largest absolute Gasteiger partial charge is 0.253 e. The zero-order chi connectivity index (χ0) is 14.8. The fraction of sp³-hybridized carbons (Fsp3) is 0.250. The Hall–Kier alpha value is -2.15. The van der Waals surface area contributed by atoms with E-state index in [1.165, 1.54) is 27.5 Å². The predicted molar refractivity (Wildman–Crippen MR) is 90.7 cm³/mol. The van der Waals surface area contributed by atoms with Gasteiger partial charge in [0.15, 0.2) is 0 Å². The highest BCUT2D eigenvalue weighted by Crippen LogP contribution is 2.33. The maximum atomic E-state index is 4.87. The quantitative estimate of drug-likeness (QED) is 0.629. The van der Waals surface area contributed by atoms with Gasteiger partial charge in [0, 0.05) is 11.3 Å². The molecule has 0 aliphatic rings. The molecular weight excluding hydrogens is 254 g/mol. The lowest BCUT2D eigenvalue weighted by atomic mass is 9.92. The van der Waals surface area contributed by atoms with Gasteiger partial charge in [-0.1, -0.05) is 56.3 Å². The Bertz CT molecular complexity index is 787. The van der Waals surface area contributed by atoms with Crippen molar-refractivity contribution in [2.75, 3.05) is 0 Å². The van der Waals surface area contributed by atoms with Crippen molar-refractivity contribution in [3.05, 3.63) is 65.4 Å². The Morgan fingerprint density at radius 3 is 2.29 bits per heavy atom. The van der Waals surface area contributed by atoms with Crippen LogP contribution in [-0.4, -0.2) is 4.98 Å². The Kier molecular flexibility index (Phi) is 3.74. The van der Waals surface area contributed by atoms with Gasteiger partial charge in [0.2, 0.25) is 0 Å². The fourth-order valence-corrected chi connectivity index (χ4v) is 2.98. The molecule has 0 saturated carbocycles. The van der Waals surface area contributed by atoms with Crippen LogP contribution >= 0.6 is 0 Å². The van der Waals surface area contributed by atoms with Crippen LogP contribution in [0.4, 0.5) is 0 Å². The van der Waals surface area contributed by atoms with Gasteiger partial charge in [-0.05, 0) is 47.7 Å². The highest BCUT2D eigenvalue weighted by atomic mass is 14.7. The van der Waals surface area contributed by atoms with Crippen LogP contribution in [0.3, 0.4) is 0 Å². The molecule has 0 atom stereocenters. The van der Waals surface area contributed by atoms with Gasteiger partial charge in [-0.3, -0.25) is 4.98 Å². The van der Waals surface area contributed by atoms with E-state index in [0.29, 0.717) is 0 Å². The van der Waals surface area contributed by atoms with Crippen molar-refractivity contribution >= 4 is 10.8 Å². The molecule has 1 aromatic heterocycles. The van der Waals surface area contributed by atoms with Crippen LogP contribution in [-0.2, 0) is 12.8 Å². The Labute approximate surface area is 126 Å². The van der Waals surface area contributed by atoms with Gasteiger partial charge < -0.3 is 0 Å². The van der Waals surface area contributed by atoms with Gasteiger partial charge in [0.05, 0.1) is 5.69 Å². The van der Waals surface area contributed by atoms with E-state index in [1.54, 1.807) is 0 Å². The van der Waals surface area contributed by atoms with Crippen LogP contribution < -0.4 is 0 Å². The smallest absolute Gasteiger partial charge is 0.0746 e. The van der Waals surface area contributed by atoms with E-state index < -0.39 is 0 Å². The number of aryl methyl sites for hydroxylation is 3. The highest BCUT2D eigenvalue weighted by molar-refractivity contribution is 5.98. The van der Waals surface area contributed by atoms with Crippen LogP contribution in [0.25, 0.3) is 22.0 Å². The molecule has 3 aromatic rings. The van der Waals surface area contributed by atoms with Gasteiger partial charge in [0.1, 0.15) is 0 Å². The monoisotopic (exact) mass is 275 g/mol. The summed E-state index contributed by atoms with van der Waals surface area (Å²) in [5.74, 6) is 0. The summed E-state index contributed by atoms with van der Waals surface area (Å²) in [6.07, 6.45) is 2.04. The lowest BCUT2D eigenvalue weighted by Gasteiger charge is -2.15. The van der Waals surface area contributed by atoms with Gasteiger partial charge in [-0.25, -0.2) is 0 Å². The second kappa shape index (κ2) is 5.69. The molecule has 0 bridgehead atoms. The molecule has 3 rings (SSSR count). The number of rotatable bonds is 3. The standard InChI is InChI=1S/C20H21N/c1-4-15-12-13-17-8-6-7-9-18(17)19(15)20-16(5-2)11-10-14(3)21-20/h6-13H,4-5H2,1-3H3. The van der Waals surface area contributed by atoms with Gasteiger partial charge >= 0.3 is 0 Å². The number of hydrogen-bond donors (Lipinski definition) is 0. The van der Waals surface area contributed by atoms with E-state index in [0.717, 1.165) is 24.2 Å². The Morgan fingerprint density at radius 2 is 1.52 bits per heavy atom. The average Bonchev–Trinajstić information content (AvgIpc) is 2.53. The van der Waals surface area contributed by atoms with Gasteiger partial charge in [0.25, 0.3) is 0 Å². The zero-order valence-electron chi connectivity index (χ0n) is 13.0. The number of fused-ring (bicyclic) bond motifs is 1. The topological polar surface area (TPSA) is 12.9 Å². The van der Waals surface area contributed by atoms with Crippen LogP contribution in [0.15, 0.2) is 48.5 Å². The predicted octanol–water partition coefficient (Wildman–Crippen LogP) is 5.34. The number of aromatic nitrogens is 1. The molecule has 0 aliphatic carbocycles. The molecule has 1 nitrogen and oxygen atoms in total. The molecule has 1 heteroatoms. The molecule has 2 aromatic carbocycles. The van der Waals surface area contributed by atoms with Crippen molar-refractivity contribution in [1.82, 2.24) is 4.98 Å². The number of benzene rings is 2. The van der Waals surface area contributed by atoms with Crippen molar-refractivity contribution < 1.29 is 0 Å². The van der Waals surface area contributed by atoms with Crippen molar-refractivity contribution in [3.8, 4) is 11.3 Å². The molecule has 0 N–H and O–H groups in total. The van der Waals surface area contributed by atoms with Crippen molar-refractivity contribution in [1.29, 1.82) is 0 Å². The summed E-state index contributed by atoms with van der Waals surface area (Å²) in [5, 5.41) is 2.60. The first kappa shape index (κ1) is 13.8. The first-order valence-electron chi connectivity index (χ1n) is 7.72. The average molecular weight is 275 g/mol. The van der Waals surface area contributed by atoms with Crippen molar-refractivity contribution in [2.45, 2.75) is 33.6 Å². The molecule has 21 heavy (non-hydrogen) atoms. The summed E-state index contributed by atoms with van der Waals surface area (Å²) in [7, 11) is 0. The molecule has 0 amide bonds. The highest BCUT2D eigenvalue weighted by Gasteiger charge is 2.13. The van der Waals surface area contributed by atoms with Crippen LogP contribution in [0.2, 0.25) is 0 Å².